The van der Waals surface area contributed by atoms with Crippen LogP contribution in [0.4, 0.5) is 4.39 Å². The molecule has 1 aliphatic carbocycles. The number of nitrogens with zero attached hydrogens (tertiary/aromatic N) is 1. The first-order chi connectivity index (χ1) is 18.0. The number of hydrogen-bond acceptors (Lipinski definition) is 4. The molecule has 0 aliphatic heterocycles. The third-order valence-electron chi connectivity index (χ3n) is 6.66. The van der Waals surface area contributed by atoms with Gasteiger partial charge in [-0.15, -0.1) is 0 Å². The van der Waals surface area contributed by atoms with E-state index in [0.29, 0.717) is 17.9 Å². The van der Waals surface area contributed by atoms with Crippen molar-refractivity contribution in [3.05, 3.63) is 95.8 Å². The van der Waals surface area contributed by atoms with Crippen LogP contribution in [-0.4, -0.2) is 42.5 Å². The van der Waals surface area contributed by atoms with Crippen molar-refractivity contribution in [2.24, 2.45) is 0 Å². The van der Waals surface area contributed by atoms with Gasteiger partial charge < -0.3 is 19.7 Å². The van der Waals surface area contributed by atoms with Gasteiger partial charge in [-0.1, -0.05) is 55.3 Å². The molecule has 194 valence electrons. The summed E-state index contributed by atoms with van der Waals surface area (Å²) >= 11 is 0. The summed E-state index contributed by atoms with van der Waals surface area (Å²) in [6.45, 7) is -0.0871. The molecule has 0 heterocycles. The zero-order valence-electron chi connectivity index (χ0n) is 21.1. The van der Waals surface area contributed by atoms with Crippen molar-refractivity contribution in [1.82, 2.24) is 10.2 Å². The SMILES string of the molecule is COc1ccc(OCC(=O)N(Cc2ccc(F)cc2)C(Cc2ccccc2)C(=O)NC2CCCC2)cc1. The molecule has 0 aromatic heterocycles. The number of carbonyl (C=O) groups is 2. The number of nitrogens with one attached hydrogen (secondary N) is 1. The highest BCUT2D eigenvalue weighted by Gasteiger charge is 2.32. The third kappa shape index (κ3) is 7.56. The Bertz CT molecular complexity index is 1150. The topological polar surface area (TPSA) is 67.9 Å². The Morgan fingerprint density at radius 1 is 0.919 bits per heavy atom. The number of ether oxygens (including phenoxy) is 2. The second-order valence-electron chi connectivity index (χ2n) is 9.31. The lowest BCUT2D eigenvalue weighted by Gasteiger charge is -2.32. The minimum Gasteiger partial charge on any atom is -0.497 e. The van der Waals surface area contributed by atoms with Crippen LogP contribution in [0, 0.1) is 5.82 Å². The molecule has 37 heavy (non-hydrogen) atoms. The van der Waals surface area contributed by atoms with Gasteiger partial charge in [0.15, 0.2) is 6.61 Å². The van der Waals surface area contributed by atoms with Gasteiger partial charge in [-0.3, -0.25) is 9.59 Å². The average molecular weight is 505 g/mol. The maximum absolute atomic E-state index is 13.6. The van der Waals surface area contributed by atoms with E-state index in [4.69, 9.17) is 9.47 Å². The zero-order valence-corrected chi connectivity index (χ0v) is 21.1. The monoisotopic (exact) mass is 504 g/mol. The Morgan fingerprint density at radius 2 is 1.57 bits per heavy atom. The van der Waals surface area contributed by atoms with Gasteiger partial charge >= 0.3 is 0 Å². The van der Waals surface area contributed by atoms with Gasteiger partial charge in [0.2, 0.25) is 5.91 Å². The largest absolute Gasteiger partial charge is 0.497 e. The van der Waals surface area contributed by atoms with Gasteiger partial charge in [0.05, 0.1) is 7.11 Å². The van der Waals surface area contributed by atoms with Crippen molar-refractivity contribution >= 4 is 11.8 Å². The van der Waals surface area contributed by atoms with Crippen molar-refractivity contribution in [3.63, 3.8) is 0 Å². The summed E-state index contributed by atoms with van der Waals surface area (Å²) in [5, 5.41) is 3.17. The summed E-state index contributed by atoms with van der Waals surface area (Å²) in [6.07, 6.45) is 4.41. The number of rotatable bonds is 11. The molecule has 1 N–H and O–H groups in total. The van der Waals surface area contributed by atoms with Crippen LogP contribution >= 0.6 is 0 Å². The highest BCUT2D eigenvalue weighted by molar-refractivity contribution is 5.88. The molecule has 0 saturated heterocycles. The maximum atomic E-state index is 13.6. The van der Waals surface area contributed by atoms with Crippen LogP contribution in [0.5, 0.6) is 11.5 Å². The molecular weight excluding hydrogens is 471 g/mol. The third-order valence-corrected chi connectivity index (χ3v) is 6.66. The highest BCUT2D eigenvalue weighted by Crippen LogP contribution is 2.21. The second kappa shape index (κ2) is 12.9. The van der Waals surface area contributed by atoms with E-state index in [1.807, 2.05) is 30.3 Å². The first-order valence-corrected chi connectivity index (χ1v) is 12.7. The molecular formula is C30H33FN2O4. The molecule has 1 unspecified atom stereocenters. The van der Waals surface area contributed by atoms with E-state index in [1.54, 1.807) is 48.4 Å². The fraction of sp³-hybridized carbons (Fsp3) is 0.333. The summed E-state index contributed by atoms with van der Waals surface area (Å²) < 4.78 is 24.5. The fourth-order valence-electron chi connectivity index (χ4n) is 4.61. The Labute approximate surface area is 217 Å². The standard InChI is InChI=1S/C30H33FN2O4/c1-36-26-15-17-27(18-16-26)37-21-29(34)33(20-23-11-13-24(31)14-12-23)28(19-22-7-3-2-4-8-22)30(35)32-25-9-5-6-10-25/h2-4,7-8,11-18,25,28H,5-6,9-10,19-21H2,1H3,(H,32,35). The predicted octanol–water partition coefficient (Wildman–Crippen LogP) is 4.91. The number of amides is 2. The van der Waals surface area contributed by atoms with E-state index in [0.717, 1.165) is 36.8 Å². The van der Waals surface area contributed by atoms with Crippen molar-refractivity contribution in [1.29, 1.82) is 0 Å². The number of methoxy groups -OCH3 is 1. The molecule has 0 radical (unpaired) electrons. The molecule has 0 bridgehead atoms. The molecule has 3 aromatic carbocycles. The first-order valence-electron chi connectivity index (χ1n) is 12.7. The van der Waals surface area contributed by atoms with Gasteiger partial charge in [-0.2, -0.15) is 0 Å². The predicted molar refractivity (Wildman–Crippen MR) is 140 cm³/mol. The molecule has 7 heteroatoms. The molecule has 3 aromatic rings. The van der Waals surface area contributed by atoms with Crippen LogP contribution in [0.25, 0.3) is 0 Å². The molecule has 0 spiro atoms. The van der Waals surface area contributed by atoms with Crippen LogP contribution in [0.2, 0.25) is 0 Å². The summed E-state index contributed by atoms with van der Waals surface area (Å²) in [4.78, 5) is 28.8. The van der Waals surface area contributed by atoms with Gasteiger partial charge in [0.25, 0.3) is 5.91 Å². The molecule has 1 fully saturated rings. The Kier molecular flexibility index (Phi) is 9.13. The molecule has 1 atom stereocenters. The molecule has 4 rings (SSSR count). The number of carbonyl (C=O) groups excluding carboxylic acids is 2. The lowest BCUT2D eigenvalue weighted by molar-refractivity contribution is -0.143. The van der Waals surface area contributed by atoms with Gasteiger partial charge in [-0.05, 0) is 60.4 Å². The Morgan fingerprint density at radius 3 is 2.22 bits per heavy atom. The van der Waals surface area contributed by atoms with Crippen molar-refractivity contribution < 1.29 is 23.5 Å². The van der Waals surface area contributed by atoms with E-state index in [1.165, 1.54) is 12.1 Å². The van der Waals surface area contributed by atoms with Gasteiger partial charge in [0, 0.05) is 19.0 Å². The summed E-state index contributed by atoms with van der Waals surface area (Å²) in [5.74, 6) is 0.330. The first kappa shape index (κ1) is 26.2. The molecule has 6 nitrogen and oxygen atoms in total. The lowest BCUT2D eigenvalue weighted by atomic mass is 10.0. The maximum Gasteiger partial charge on any atom is 0.261 e. The quantitative estimate of drug-likeness (QED) is 0.403. The summed E-state index contributed by atoms with van der Waals surface area (Å²) in [5.41, 5.74) is 1.67. The number of halogens is 1. The minimum atomic E-state index is -0.750. The lowest BCUT2D eigenvalue weighted by Crippen LogP contribution is -2.53. The zero-order chi connectivity index (χ0) is 26.0. The molecule has 1 aliphatic rings. The fourth-order valence-corrected chi connectivity index (χ4v) is 4.61. The van der Waals surface area contributed by atoms with Gasteiger partial charge in [0.1, 0.15) is 23.4 Å². The van der Waals surface area contributed by atoms with Crippen molar-refractivity contribution in [3.8, 4) is 11.5 Å². The van der Waals surface area contributed by atoms with Crippen LogP contribution in [0.15, 0.2) is 78.9 Å². The smallest absolute Gasteiger partial charge is 0.261 e. The van der Waals surface area contributed by atoms with Crippen LogP contribution in [-0.2, 0) is 22.6 Å². The van der Waals surface area contributed by atoms with E-state index in [9.17, 15) is 14.0 Å². The van der Waals surface area contributed by atoms with Crippen LogP contribution in [0.3, 0.4) is 0 Å². The molecule has 2 amide bonds. The molecule has 1 saturated carbocycles. The Hall–Kier alpha value is -3.87. The number of benzene rings is 3. The van der Waals surface area contributed by atoms with E-state index < -0.39 is 6.04 Å². The van der Waals surface area contributed by atoms with Gasteiger partial charge in [-0.25, -0.2) is 4.39 Å². The summed E-state index contributed by atoms with van der Waals surface area (Å²) in [6, 6.07) is 22.0. The van der Waals surface area contributed by atoms with E-state index in [2.05, 4.69) is 5.32 Å². The summed E-state index contributed by atoms with van der Waals surface area (Å²) in [7, 11) is 1.58. The second-order valence-corrected chi connectivity index (χ2v) is 9.31. The van der Waals surface area contributed by atoms with Crippen molar-refractivity contribution in [2.75, 3.05) is 13.7 Å². The normalized spacial score (nSPS) is 14.1. The van der Waals surface area contributed by atoms with E-state index >= 15 is 0 Å². The highest BCUT2D eigenvalue weighted by atomic mass is 19.1. The van der Waals surface area contributed by atoms with E-state index in [-0.39, 0.29) is 36.8 Å². The minimum absolute atomic E-state index is 0.115. The van der Waals surface area contributed by atoms with Crippen LogP contribution < -0.4 is 14.8 Å². The average Bonchev–Trinajstić information content (AvgIpc) is 3.44. The Balaban J connectivity index is 1.58. The van der Waals surface area contributed by atoms with Crippen molar-refractivity contribution in [2.45, 2.75) is 50.7 Å². The van der Waals surface area contributed by atoms with Crippen LogP contribution in [0.1, 0.15) is 36.8 Å². The number of hydrogen-bond donors (Lipinski definition) is 1.